The summed E-state index contributed by atoms with van der Waals surface area (Å²) >= 11 is 1.58. The minimum Gasteiger partial charge on any atom is -0.463 e. The van der Waals surface area contributed by atoms with Gasteiger partial charge in [-0.2, -0.15) is 5.10 Å². The quantitative estimate of drug-likeness (QED) is 0.504. The third kappa shape index (κ3) is 4.63. The van der Waals surface area contributed by atoms with Crippen molar-refractivity contribution in [1.29, 1.82) is 0 Å². The van der Waals surface area contributed by atoms with Crippen LogP contribution in [0.3, 0.4) is 0 Å². The van der Waals surface area contributed by atoms with Crippen molar-refractivity contribution in [3.63, 3.8) is 0 Å². The molecule has 146 valence electrons. The Morgan fingerprint density at radius 3 is 2.75 bits per heavy atom. The first-order valence-corrected chi connectivity index (χ1v) is 10.5. The Hall–Kier alpha value is -2.58. The number of amides is 1. The number of rotatable bonds is 8. The molecule has 0 saturated carbocycles. The highest BCUT2D eigenvalue weighted by Gasteiger charge is 2.29. The van der Waals surface area contributed by atoms with Crippen LogP contribution in [0.4, 0.5) is 0 Å². The lowest BCUT2D eigenvalue weighted by atomic mass is 10.1. The Kier molecular flexibility index (Phi) is 6.08. The van der Waals surface area contributed by atoms with E-state index in [1.54, 1.807) is 18.0 Å². The number of nitrogens with one attached hydrogen (secondary N) is 3. The number of aromatic amines is 1. The number of carbonyl (C=O) groups excluding carboxylic acids is 1. The van der Waals surface area contributed by atoms with Gasteiger partial charge in [-0.05, 0) is 29.8 Å². The monoisotopic (exact) mass is 398 g/mol. The van der Waals surface area contributed by atoms with E-state index in [1.165, 1.54) is 24.1 Å². The van der Waals surface area contributed by atoms with Gasteiger partial charge in [0.25, 0.3) is 5.91 Å². The molecule has 1 saturated heterocycles. The van der Waals surface area contributed by atoms with E-state index in [2.05, 4.69) is 20.5 Å². The van der Waals surface area contributed by atoms with Gasteiger partial charge in [-0.25, -0.2) is 4.98 Å². The van der Waals surface area contributed by atoms with Gasteiger partial charge >= 0.3 is 0 Å². The van der Waals surface area contributed by atoms with Crippen LogP contribution in [0.2, 0.25) is 0 Å². The average molecular weight is 399 g/mol. The number of furan rings is 1. The molecule has 0 unspecified atom stereocenters. The summed E-state index contributed by atoms with van der Waals surface area (Å²) < 4.78 is 5.63. The number of thioether (sulfide) groups is 1. The van der Waals surface area contributed by atoms with E-state index < -0.39 is 0 Å². The van der Waals surface area contributed by atoms with E-state index in [0.29, 0.717) is 12.1 Å². The molecule has 2 aromatic heterocycles. The van der Waals surface area contributed by atoms with E-state index in [0.717, 1.165) is 35.3 Å². The molecule has 1 fully saturated rings. The van der Waals surface area contributed by atoms with Crippen molar-refractivity contribution in [2.75, 3.05) is 19.6 Å². The molecule has 0 spiro atoms. The summed E-state index contributed by atoms with van der Waals surface area (Å²) in [5, 5.41) is 10.5. The first kappa shape index (κ1) is 18.8. The van der Waals surface area contributed by atoms with Crippen LogP contribution in [0.1, 0.15) is 40.6 Å². The molecule has 8 heteroatoms. The van der Waals surface area contributed by atoms with E-state index in [-0.39, 0.29) is 11.9 Å². The zero-order valence-electron chi connectivity index (χ0n) is 15.6. The maximum Gasteiger partial charge on any atom is 0.251 e. The number of aromatic nitrogens is 3. The molecule has 0 aliphatic carbocycles. The molecule has 1 aliphatic rings. The molecular formula is C20H24N5O2S+. The van der Waals surface area contributed by atoms with Gasteiger partial charge in [-0.1, -0.05) is 23.9 Å². The minimum absolute atomic E-state index is 0.0513. The first-order valence-electron chi connectivity index (χ1n) is 9.53. The van der Waals surface area contributed by atoms with Gasteiger partial charge in [0.15, 0.2) is 17.0 Å². The van der Waals surface area contributed by atoms with Crippen molar-refractivity contribution in [1.82, 2.24) is 20.5 Å². The molecule has 1 amide bonds. The highest BCUT2D eigenvalue weighted by molar-refractivity contribution is 7.98. The Morgan fingerprint density at radius 1 is 1.25 bits per heavy atom. The van der Waals surface area contributed by atoms with Crippen LogP contribution in [-0.4, -0.2) is 40.7 Å². The average Bonchev–Trinajstić information content (AvgIpc) is 3.51. The number of carbonyl (C=O) groups is 1. The smallest absolute Gasteiger partial charge is 0.251 e. The van der Waals surface area contributed by atoms with Crippen LogP contribution in [0.25, 0.3) is 0 Å². The number of hydrogen-bond donors (Lipinski definition) is 3. The molecular weight excluding hydrogens is 374 g/mol. The Bertz CT molecular complexity index is 859. The summed E-state index contributed by atoms with van der Waals surface area (Å²) in [5.41, 5.74) is 1.80. The van der Waals surface area contributed by atoms with Crippen molar-refractivity contribution >= 4 is 17.7 Å². The fourth-order valence-electron chi connectivity index (χ4n) is 3.58. The Labute approximate surface area is 167 Å². The Balaban J connectivity index is 1.33. The molecule has 28 heavy (non-hydrogen) atoms. The van der Waals surface area contributed by atoms with E-state index in [1.807, 2.05) is 36.4 Å². The summed E-state index contributed by atoms with van der Waals surface area (Å²) in [6.45, 7) is 2.82. The van der Waals surface area contributed by atoms with Crippen molar-refractivity contribution in [2.24, 2.45) is 0 Å². The number of H-pyrrole nitrogens is 1. The fraction of sp³-hybridized carbons (Fsp3) is 0.350. The van der Waals surface area contributed by atoms with E-state index in [4.69, 9.17) is 4.42 Å². The maximum absolute atomic E-state index is 12.6. The SMILES string of the molecule is O=C(NC[C@H](c1ccco1)[NH+]1CCCC1)c1ccc(CSc2ncn[nH]2)cc1. The summed E-state index contributed by atoms with van der Waals surface area (Å²) in [4.78, 5) is 18.2. The minimum atomic E-state index is -0.0513. The third-order valence-electron chi connectivity index (χ3n) is 5.08. The van der Waals surface area contributed by atoms with Crippen LogP contribution in [-0.2, 0) is 5.75 Å². The summed E-state index contributed by atoms with van der Waals surface area (Å²) in [5.74, 6) is 1.66. The first-order chi connectivity index (χ1) is 13.8. The van der Waals surface area contributed by atoms with Crippen LogP contribution in [0, 0.1) is 0 Å². The molecule has 0 radical (unpaired) electrons. The second kappa shape index (κ2) is 9.07. The largest absolute Gasteiger partial charge is 0.463 e. The van der Waals surface area contributed by atoms with Crippen LogP contribution in [0.15, 0.2) is 58.6 Å². The normalized spacial score (nSPS) is 15.6. The van der Waals surface area contributed by atoms with Crippen molar-refractivity contribution in [2.45, 2.75) is 29.8 Å². The van der Waals surface area contributed by atoms with Crippen molar-refractivity contribution < 1.29 is 14.1 Å². The number of nitrogens with zero attached hydrogens (tertiary/aromatic N) is 2. The molecule has 1 atom stereocenters. The topological polar surface area (TPSA) is 88.2 Å². The van der Waals surface area contributed by atoms with Crippen LogP contribution in [0.5, 0.6) is 0 Å². The zero-order chi connectivity index (χ0) is 19.2. The fourth-order valence-corrected chi connectivity index (χ4v) is 4.31. The lowest BCUT2D eigenvalue weighted by molar-refractivity contribution is -0.919. The molecule has 7 nitrogen and oxygen atoms in total. The number of quaternary nitrogens is 1. The molecule has 1 aliphatic heterocycles. The van der Waals surface area contributed by atoms with Gasteiger partial charge in [0.1, 0.15) is 6.33 Å². The highest BCUT2D eigenvalue weighted by atomic mass is 32.2. The van der Waals surface area contributed by atoms with Gasteiger partial charge in [-0.15, -0.1) is 0 Å². The van der Waals surface area contributed by atoms with Crippen LogP contribution >= 0.6 is 11.8 Å². The lowest BCUT2D eigenvalue weighted by Crippen LogP contribution is -3.11. The lowest BCUT2D eigenvalue weighted by Gasteiger charge is -2.23. The standard InChI is InChI=1S/C20H23N5O2S/c26-19(16-7-5-15(6-8-16)13-28-20-22-14-23-24-20)21-12-17(18-4-3-11-27-18)25-9-1-2-10-25/h3-8,11,14,17H,1-2,9-10,12-13H2,(H,21,26)(H,22,23,24)/p+1/t17-/m1/s1. The third-order valence-corrected chi connectivity index (χ3v) is 6.02. The van der Waals surface area contributed by atoms with Gasteiger partial charge < -0.3 is 14.6 Å². The second-order valence-corrected chi connectivity index (χ2v) is 7.88. The number of benzene rings is 1. The molecule has 3 aromatic rings. The maximum atomic E-state index is 12.6. The number of hydrogen-bond acceptors (Lipinski definition) is 5. The molecule has 4 rings (SSSR count). The van der Waals surface area contributed by atoms with Crippen molar-refractivity contribution in [3.8, 4) is 0 Å². The molecule has 0 bridgehead atoms. The molecule has 1 aromatic carbocycles. The number of likely N-dealkylation sites (tertiary alicyclic amines) is 1. The predicted octanol–water partition coefficient (Wildman–Crippen LogP) is 1.84. The molecule has 3 N–H and O–H groups in total. The highest BCUT2D eigenvalue weighted by Crippen LogP contribution is 2.18. The van der Waals surface area contributed by atoms with E-state index >= 15 is 0 Å². The zero-order valence-corrected chi connectivity index (χ0v) is 16.4. The van der Waals surface area contributed by atoms with Crippen LogP contribution < -0.4 is 10.2 Å². The summed E-state index contributed by atoms with van der Waals surface area (Å²) in [6.07, 6.45) is 5.66. The van der Waals surface area contributed by atoms with Crippen molar-refractivity contribution in [3.05, 3.63) is 65.9 Å². The van der Waals surface area contributed by atoms with Gasteiger partial charge in [-0.3, -0.25) is 9.89 Å². The van der Waals surface area contributed by atoms with Gasteiger partial charge in [0.05, 0.1) is 25.9 Å². The van der Waals surface area contributed by atoms with Gasteiger partial charge in [0, 0.05) is 24.2 Å². The second-order valence-electron chi connectivity index (χ2n) is 6.92. The summed E-state index contributed by atoms with van der Waals surface area (Å²) in [7, 11) is 0. The van der Waals surface area contributed by atoms with E-state index in [9.17, 15) is 4.79 Å². The summed E-state index contributed by atoms with van der Waals surface area (Å²) in [6, 6.07) is 11.8. The molecule has 3 heterocycles. The Morgan fingerprint density at radius 2 is 2.07 bits per heavy atom. The predicted molar refractivity (Wildman–Crippen MR) is 106 cm³/mol. The van der Waals surface area contributed by atoms with Gasteiger partial charge in [0.2, 0.25) is 0 Å².